The molecule has 1 aromatic heterocycles. The number of rotatable bonds is 9. The van der Waals surface area contributed by atoms with Crippen molar-refractivity contribution < 1.29 is 14.3 Å². The quantitative estimate of drug-likeness (QED) is 0.213. The van der Waals surface area contributed by atoms with Crippen molar-refractivity contribution in [3.63, 3.8) is 0 Å². The molecule has 0 radical (unpaired) electrons. The number of aliphatic imine (C=N–C) groups is 1. The maximum absolute atomic E-state index is 14.0. The second kappa shape index (κ2) is 13.2. The van der Waals surface area contributed by atoms with Crippen LogP contribution in [-0.2, 0) is 4.79 Å². The lowest BCUT2D eigenvalue weighted by molar-refractivity contribution is -0.124. The fourth-order valence-electron chi connectivity index (χ4n) is 6.35. The number of nitrogens with zero attached hydrogens (tertiary/aromatic N) is 4. The fraction of sp³-hybridized carbons (Fsp3) is 0.559. The van der Waals surface area contributed by atoms with Crippen LogP contribution >= 0.6 is 0 Å². The Morgan fingerprint density at radius 1 is 1.05 bits per heavy atom. The highest BCUT2D eigenvalue weighted by Crippen LogP contribution is 2.41. The number of aliphatic hydroxyl groups excluding tert-OH is 1. The van der Waals surface area contributed by atoms with Crippen molar-refractivity contribution in [3.05, 3.63) is 60.7 Å². The van der Waals surface area contributed by atoms with Crippen LogP contribution in [0, 0.1) is 17.8 Å². The van der Waals surface area contributed by atoms with Crippen LogP contribution in [0.25, 0.3) is 11.3 Å². The summed E-state index contributed by atoms with van der Waals surface area (Å²) in [4.78, 5) is 27.1. The number of allylic oxidation sites excluding steroid dienone is 2. The molecule has 3 aliphatic rings. The minimum atomic E-state index is -0.279. The molecular weight excluding hydrogens is 512 g/mol. The highest BCUT2D eigenvalue weighted by Gasteiger charge is 2.33. The summed E-state index contributed by atoms with van der Waals surface area (Å²) in [6, 6.07) is 8.22. The van der Waals surface area contributed by atoms with E-state index in [0.29, 0.717) is 30.6 Å². The maximum Gasteiger partial charge on any atom is 0.230 e. The highest BCUT2D eigenvalue weighted by atomic mass is 16.3. The van der Waals surface area contributed by atoms with Crippen LogP contribution in [-0.4, -0.2) is 60.5 Å². The number of amides is 1. The van der Waals surface area contributed by atoms with Crippen LogP contribution in [0.4, 0.5) is 5.69 Å². The molecule has 0 spiro atoms. The molecule has 7 nitrogen and oxygen atoms in total. The van der Waals surface area contributed by atoms with Gasteiger partial charge in [0.05, 0.1) is 6.10 Å². The van der Waals surface area contributed by atoms with Crippen molar-refractivity contribution in [2.75, 3.05) is 32.6 Å². The zero-order valence-corrected chi connectivity index (χ0v) is 25.0. The second-order valence-corrected chi connectivity index (χ2v) is 12.5. The summed E-state index contributed by atoms with van der Waals surface area (Å²) in [6.07, 6.45) is 15.1. The van der Waals surface area contributed by atoms with Crippen molar-refractivity contribution in [3.8, 4) is 11.3 Å². The third kappa shape index (κ3) is 7.37. The number of hydrogen-bond acceptors (Lipinski definition) is 5. The Kier molecular flexibility index (Phi) is 9.43. The first-order valence-electron chi connectivity index (χ1n) is 15.4. The highest BCUT2D eigenvalue weighted by molar-refractivity contribution is 5.95. The number of aromatic nitrogens is 1. The van der Waals surface area contributed by atoms with Crippen LogP contribution in [0.2, 0.25) is 0 Å². The van der Waals surface area contributed by atoms with Gasteiger partial charge in [0.1, 0.15) is 17.8 Å². The molecule has 2 aromatic rings. The Bertz CT molecular complexity index is 1260. The van der Waals surface area contributed by atoms with E-state index in [0.717, 1.165) is 92.2 Å². The van der Waals surface area contributed by atoms with Gasteiger partial charge >= 0.3 is 0 Å². The zero-order chi connectivity index (χ0) is 28.9. The maximum atomic E-state index is 14.0. The van der Waals surface area contributed by atoms with Gasteiger partial charge in [-0.3, -0.25) is 9.79 Å². The van der Waals surface area contributed by atoms with Gasteiger partial charge in [-0.1, -0.05) is 30.4 Å². The number of likely N-dealkylation sites (N-methyl/N-ethyl adjacent to an activating group) is 1. The predicted molar refractivity (Wildman–Crippen MR) is 165 cm³/mol. The molecule has 0 saturated heterocycles. The van der Waals surface area contributed by atoms with Crippen molar-refractivity contribution in [2.24, 2.45) is 22.7 Å². The molecular formula is C34H46N4O3. The smallest absolute Gasteiger partial charge is 0.230 e. The molecule has 1 N–H and O–H groups in total. The zero-order valence-electron chi connectivity index (χ0n) is 25.0. The van der Waals surface area contributed by atoms with E-state index < -0.39 is 0 Å². The molecule has 5 rings (SSSR count). The summed E-state index contributed by atoms with van der Waals surface area (Å²) < 4.78 is 5.76. The summed E-state index contributed by atoms with van der Waals surface area (Å²) in [5.74, 6) is 3.27. The Labute approximate surface area is 245 Å². The molecule has 3 fully saturated rings. The van der Waals surface area contributed by atoms with E-state index >= 15 is 0 Å². The number of hydrogen-bond donors (Lipinski definition) is 1. The van der Waals surface area contributed by atoms with Gasteiger partial charge in [0.2, 0.25) is 5.91 Å². The lowest BCUT2D eigenvalue weighted by atomic mass is 9.78. The topological polar surface area (TPSA) is 82.2 Å². The molecule has 41 heavy (non-hydrogen) atoms. The number of carbonyl (C=O) groups is 1. The van der Waals surface area contributed by atoms with Crippen LogP contribution < -0.4 is 4.90 Å². The van der Waals surface area contributed by atoms with Crippen LogP contribution in [0.5, 0.6) is 0 Å². The Hall–Kier alpha value is -3.19. The molecule has 3 saturated carbocycles. The number of carbonyl (C=O) groups excluding carboxylic acids is 1. The van der Waals surface area contributed by atoms with Crippen LogP contribution in [0.3, 0.4) is 0 Å². The standard InChI is InChI=1S/C34H46N4O3/c1-23(8-19-32(35-2)37(3)4)25-11-9-24(10-12-25)21-38(34(40)27-15-17-30(39)18-16-27)29-7-5-6-28(20-29)31-22-41-33(36-31)26-13-14-26/h5-8,19-20,22,24-27,30,39H,1,9-18,21H2,2-4H3/b19-8-,35-32+/t24-,25-,27-,30-. The fourth-order valence-corrected chi connectivity index (χ4v) is 6.35. The lowest BCUT2D eigenvalue weighted by Crippen LogP contribution is -2.42. The molecule has 0 bridgehead atoms. The van der Waals surface area contributed by atoms with Crippen molar-refractivity contribution in [1.29, 1.82) is 0 Å². The van der Waals surface area contributed by atoms with Crippen molar-refractivity contribution >= 4 is 17.4 Å². The van der Waals surface area contributed by atoms with Crippen LogP contribution in [0.1, 0.15) is 76.0 Å². The number of aliphatic hydroxyl groups is 1. The van der Waals surface area contributed by atoms with Gasteiger partial charge in [-0.15, -0.1) is 0 Å². The lowest BCUT2D eigenvalue weighted by Gasteiger charge is -2.36. The minimum Gasteiger partial charge on any atom is -0.448 e. The number of amidine groups is 1. The van der Waals surface area contributed by atoms with E-state index in [9.17, 15) is 9.90 Å². The first-order chi connectivity index (χ1) is 19.8. The molecule has 0 atom stereocenters. The third-order valence-corrected chi connectivity index (χ3v) is 9.16. The molecule has 3 aliphatic carbocycles. The first kappa shape index (κ1) is 29.3. The molecule has 0 unspecified atom stereocenters. The van der Waals surface area contributed by atoms with E-state index in [4.69, 9.17) is 9.40 Å². The summed E-state index contributed by atoms with van der Waals surface area (Å²) in [5.41, 5.74) is 3.90. The Balaban J connectivity index is 1.29. The van der Waals surface area contributed by atoms with E-state index in [1.807, 2.05) is 49.2 Å². The second-order valence-electron chi connectivity index (χ2n) is 12.5. The van der Waals surface area contributed by atoms with Crippen molar-refractivity contribution in [2.45, 2.75) is 76.2 Å². The van der Waals surface area contributed by atoms with Gasteiger partial charge in [0, 0.05) is 50.8 Å². The van der Waals surface area contributed by atoms with E-state index in [2.05, 4.69) is 29.8 Å². The number of benzene rings is 1. The average molecular weight is 559 g/mol. The van der Waals surface area contributed by atoms with Crippen LogP contribution in [0.15, 0.2) is 64.2 Å². The summed E-state index contributed by atoms with van der Waals surface area (Å²) in [6.45, 7) is 5.09. The molecule has 1 aromatic carbocycles. The molecule has 220 valence electrons. The summed E-state index contributed by atoms with van der Waals surface area (Å²) in [7, 11) is 5.80. The van der Waals surface area contributed by atoms with Gasteiger partial charge in [-0.2, -0.15) is 0 Å². The van der Waals surface area contributed by atoms with E-state index in [-0.39, 0.29) is 17.9 Å². The average Bonchev–Trinajstić information content (AvgIpc) is 3.72. The number of anilines is 1. The normalized spacial score (nSPS) is 25.3. The summed E-state index contributed by atoms with van der Waals surface area (Å²) >= 11 is 0. The Morgan fingerprint density at radius 2 is 1.76 bits per heavy atom. The molecule has 7 heteroatoms. The minimum absolute atomic E-state index is 0.0389. The van der Waals surface area contributed by atoms with E-state index in [1.54, 1.807) is 6.26 Å². The monoisotopic (exact) mass is 558 g/mol. The van der Waals surface area contributed by atoms with Gasteiger partial charge in [0.25, 0.3) is 0 Å². The number of oxazole rings is 1. The van der Waals surface area contributed by atoms with Gasteiger partial charge in [-0.25, -0.2) is 4.98 Å². The van der Waals surface area contributed by atoms with Gasteiger partial charge in [0.15, 0.2) is 5.89 Å². The van der Waals surface area contributed by atoms with E-state index in [1.165, 1.54) is 0 Å². The molecule has 1 heterocycles. The van der Waals surface area contributed by atoms with Gasteiger partial charge < -0.3 is 19.3 Å². The summed E-state index contributed by atoms with van der Waals surface area (Å²) in [5, 5.41) is 10.1. The third-order valence-electron chi connectivity index (χ3n) is 9.16. The largest absolute Gasteiger partial charge is 0.448 e. The predicted octanol–water partition coefficient (Wildman–Crippen LogP) is 6.61. The van der Waals surface area contributed by atoms with Crippen molar-refractivity contribution in [1.82, 2.24) is 9.88 Å². The SMILES string of the molecule is C=C(/C=C\C(=N/C)N(C)C)[C@H]1CC[C@H](CN(c2cccc(-c3coc(C4CC4)n3)c2)C(=O)[C@H]2CC[C@H](O)CC2)CC1. The van der Waals surface area contributed by atoms with Gasteiger partial charge in [-0.05, 0) is 94.3 Å². The Morgan fingerprint density at radius 3 is 2.41 bits per heavy atom. The molecule has 0 aliphatic heterocycles. The first-order valence-corrected chi connectivity index (χ1v) is 15.4. The molecule has 1 amide bonds.